The van der Waals surface area contributed by atoms with Crippen molar-refractivity contribution in [1.29, 1.82) is 0 Å². The fourth-order valence-electron chi connectivity index (χ4n) is 2.91. The molecule has 2 atom stereocenters. The van der Waals surface area contributed by atoms with E-state index in [1.807, 2.05) is 12.1 Å². The molecule has 0 radical (unpaired) electrons. The summed E-state index contributed by atoms with van der Waals surface area (Å²) in [4.78, 5) is 26.0. The Bertz CT molecular complexity index is 544. The molecule has 5 heteroatoms. The third-order valence-electron chi connectivity index (χ3n) is 4.16. The Hall–Kier alpha value is -1.88. The second kappa shape index (κ2) is 5.25. The average molecular weight is 273 g/mol. The minimum absolute atomic E-state index is 0.0295. The molecule has 1 aromatic rings. The molecule has 0 bridgehead atoms. The van der Waals surface area contributed by atoms with Gasteiger partial charge in [-0.05, 0) is 24.5 Å². The summed E-state index contributed by atoms with van der Waals surface area (Å²) in [5, 5.41) is 6.07. The lowest BCUT2D eigenvalue weighted by Gasteiger charge is -2.36. The minimum Gasteiger partial charge on any atom is -0.353 e. The summed E-state index contributed by atoms with van der Waals surface area (Å²) in [6.45, 7) is 3.62. The molecule has 1 saturated heterocycles. The van der Waals surface area contributed by atoms with Crippen molar-refractivity contribution >= 4 is 11.8 Å². The molecule has 2 amide bonds. The molecular weight excluding hydrogens is 254 g/mol. The number of nitrogens with zero attached hydrogens (tertiary/aromatic N) is 1. The number of rotatable bonds is 1. The normalized spacial score (nSPS) is 25.9. The average Bonchev–Trinajstić information content (AvgIpc) is 2.49. The summed E-state index contributed by atoms with van der Waals surface area (Å²) in [5.41, 5.74) is 2.47. The van der Waals surface area contributed by atoms with E-state index >= 15 is 0 Å². The molecular formula is C15H19N3O2. The predicted octanol–water partition coefficient (Wildman–Crippen LogP) is 0.0478. The monoisotopic (exact) mass is 273 g/mol. The Labute approximate surface area is 118 Å². The van der Waals surface area contributed by atoms with Crippen LogP contribution in [-0.4, -0.2) is 41.9 Å². The van der Waals surface area contributed by atoms with E-state index in [9.17, 15) is 9.59 Å². The summed E-state index contributed by atoms with van der Waals surface area (Å²) in [6, 6.07) is 7.57. The largest absolute Gasteiger partial charge is 0.353 e. The van der Waals surface area contributed by atoms with Gasteiger partial charge in [-0.25, -0.2) is 0 Å². The molecule has 2 heterocycles. The van der Waals surface area contributed by atoms with Crippen LogP contribution in [0.15, 0.2) is 24.3 Å². The number of nitrogens with one attached hydrogen (secondary N) is 2. The number of fused-ring (bicyclic) bond motifs is 1. The summed E-state index contributed by atoms with van der Waals surface area (Å²) in [5.74, 6) is -0.0392. The van der Waals surface area contributed by atoms with Crippen LogP contribution in [0.3, 0.4) is 0 Å². The van der Waals surface area contributed by atoms with Crippen molar-refractivity contribution in [3.8, 4) is 0 Å². The number of piperazine rings is 1. The Morgan fingerprint density at radius 2 is 2.05 bits per heavy atom. The van der Waals surface area contributed by atoms with Gasteiger partial charge in [0, 0.05) is 19.6 Å². The Balaban J connectivity index is 1.74. The maximum Gasteiger partial charge on any atom is 0.242 e. The quantitative estimate of drug-likeness (QED) is 0.760. The highest BCUT2D eigenvalue weighted by atomic mass is 16.2. The Morgan fingerprint density at radius 1 is 1.30 bits per heavy atom. The number of hydrogen-bond donors (Lipinski definition) is 2. The molecule has 0 saturated carbocycles. The van der Waals surface area contributed by atoms with Crippen molar-refractivity contribution in [1.82, 2.24) is 15.5 Å². The summed E-state index contributed by atoms with van der Waals surface area (Å²) < 4.78 is 0. The fourth-order valence-corrected chi connectivity index (χ4v) is 2.91. The van der Waals surface area contributed by atoms with Gasteiger partial charge >= 0.3 is 0 Å². The predicted molar refractivity (Wildman–Crippen MR) is 75.0 cm³/mol. The summed E-state index contributed by atoms with van der Waals surface area (Å²) in [6.07, 6.45) is 0.694. The van der Waals surface area contributed by atoms with Gasteiger partial charge in [0.25, 0.3) is 0 Å². The summed E-state index contributed by atoms with van der Waals surface area (Å²) >= 11 is 0. The second-order valence-electron chi connectivity index (χ2n) is 5.40. The Morgan fingerprint density at radius 3 is 2.85 bits per heavy atom. The van der Waals surface area contributed by atoms with Crippen LogP contribution < -0.4 is 10.6 Å². The highest BCUT2D eigenvalue weighted by Gasteiger charge is 2.34. The highest BCUT2D eigenvalue weighted by molar-refractivity contribution is 5.90. The molecule has 0 aliphatic carbocycles. The van der Waals surface area contributed by atoms with Crippen molar-refractivity contribution < 1.29 is 9.59 Å². The molecule has 5 nitrogen and oxygen atoms in total. The first-order chi connectivity index (χ1) is 9.66. The van der Waals surface area contributed by atoms with Gasteiger partial charge in [0.2, 0.25) is 11.8 Å². The van der Waals surface area contributed by atoms with Crippen molar-refractivity contribution in [2.75, 3.05) is 13.1 Å². The van der Waals surface area contributed by atoms with Gasteiger partial charge in [-0.3, -0.25) is 9.59 Å². The van der Waals surface area contributed by atoms with Crippen molar-refractivity contribution in [3.05, 3.63) is 35.4 Å². The zero-order valence-electron chi connectivity index (χ0n) is 11.6. The van der Waals surface area contributed by atoms with Gasteiger partial charge in [0.1, 0.15) is 6.04 Å². The van der Waals surface area contributed by atoms with E-state index in [0.29, 0.717) is 26.1 Å². The van der Waals surface area contributed by atoms with Crippen LogP contribution in [0, 0.1) is 0 Å². The van der Waals surface area contributed by atoms with Crippen molar-refractivity contribution in [2.24, 2.45) is 0 Å². The van der Waals surface area contributed by atoms with E-state index in [2.05, 4.69) is 22.8 Å². The van der Waals surface area contributed by atoms with Crippen LogP contribution in [0.2, 0.25) is 0 Å². The van der Waals surface area contributed by atoms with E-state index < -0.39 is 0 Å². The van der Waals surface area contributed by atoms with Crippen LogP contribution in [0.1, 0.15) is 18.1 Å². The first-order valence-electron chi connectivity index (χ1n) is 7.05. The molecule has 0 aromatic heterocycles. The molecule has 3 rings (SSSR count). The number of amides is 2. The molecule has 1 unspecified atom stereocenters. The SMILES string of the molecule is CC1C(=O)NCCN1C(=O)[C@H]1Cc2ccccc2CN1. The van der Waals surface area contributed by atoms with Crippen LogP contribution in [0.25, 0.3) is 0 Å². The fraction of sp³-hybridized carbons (Fsp3) is 0.467. The van der Waals surface area contributed by atoms with Gasteiger partial charge < -0.3 is 15.5 Å². The standard InChI is InChI=1S/C15H19N3O2/c1-10-14(19)16-6-7-18(10)15(20)13-8-11-4-2-3-5-12(11)9-17-13/h2-5,10,13,17H,6-9H2,1H3,(H,16,19)/t10?,13-/m1/s1. The van der Waals surface area contributed by atoms with Gasteiger partial charge in [0.15, 0.2) is 0 Å². The first-order valence-corrected chi connectivity index (χ1v) is 7.05. The molecule has 2 aliphatic heterocycles. The third kappa shape index (κ3) is 2.29. The zero-order valence-corrected chi connectivity index (χ0v) is 11.6. The van der Waals surface area contributed by atoms with Crippen LogP contribution >= 0.6 is 0 Å². The van der Waals surface area contributed by atoms with E-state index in [-0.39, 0.29) is 23.9 Å². The maximum atomic E-state index is 12.6. The second-order valence-corrected chi connectivity index (χ2v) is 5.40. The van der Waals surface area contributed by atoms with Gasteiger partial charge in [0.05, 0.1) is 6.04 Å². The lowest BCUT2D eigenvalue weighted by molar-refractivity contribution is -0.144. The topological polar surface area (TPSA) is 61.4 Å². The highest BCUT2D eigenvalue weighted by Crippen LogP contribution is 2.18. The third-order valence-corrected chi connectivity index (χ3v) is 4.16. The molecule has 0 spiro atoms. The van der Waals surface area contributed by atoms with Gasteiger partial charge in [-0.1, -0.05) is 24.3 Å². The van der Waals surface area contributed by atoms with Crippen molar-refractivity contribution in [3.63, 3.8) is 0 Å². The molecule has 20 heavy (non-hydrogen) atoms. The van der Waals surface area contributed by atoms with Crippen LogP contribution in [0.4, 0.5) is 0 Å². The maximum absolute atomic E-state index is 12.6. The zero-order chi connectivity index (χ0) is 14.1. The smallest absolute Gasteiger partial charge is 0.242 e. The van der Waals surface area contributed by atoms with E-state index in [4.69, 9.17) is 0 Å². The van der Waals surface area contributed by atoms with E-state index in [1.54, 1.807) is 11.8 Å². The molecule has 1 aromatic carbocycles. The molecule has 2 aliphatic rings. The van der Waals surface area contributed by atoms with E-state index in [1.165, 1.54) is 11.1 Å². The van der Waals surface area contributed by atoms with Crippen LogP contribution in [-0.2, 0) is 22.6 Å². The summed E-state index contributed by atoms with van der Waals surface area (Å²) in [7, 11) is 0. The molecule has 106 valence electrons. The first kappa shape index (κ1) is 13.1. The van der Waals surface area contributed by atoms with Gasteiger partial charge in [-0.2, -0.15) is 0 Å². The van der Waals surface area contributed by atoms with E-state index in [0.717, 1.165) is 0 Å². The van der Waals surface area contributed by atoms with Gasteiger partial charge in [-0.15, -0.1) is 0 Å². The minimum atomic E-state index is -0.379. The molecule has 1 fully saturated rings. The van der Waals surface area contributed by atoms with Crippen LogP contribution in [0.5, 0.6) is 0 Å². The number of benzene rings is 1. The number of carbonyl (C=O) groups is 2. The lowest BCUT2D eigenvalue weighted by Crippen LogP contribution is -2.60. The number of carbonyl (C=O) groups excluding carboxylic acids is 2. The Kier molecular flexibility index (Phi) is 3.44. The number of hydrogen-bond acceptors (Lipinski definition) is 3. The van der Waals surface area contributed by atoms with Crippen molar-refractivity contribution in [2.45, 2.75) is 32.0 Å². The molecule has 2 N–H and O–H groups in total. The lowest BCUT2D eigenvalue weighted by atomic mass is 9.94.